The van der Waals surface area contributed by atoms with E-state index >= 15 is 0 Å². The summed E-state index contributed by atoms with van der Waals surface area (Å²) in [6.07, 6.45) is 0.244. The van der Waals surface area contributed by atoms with E-state index in [1.807, 2.05) is 18.2 Å². The molecule has 27 heavy (non-hydrogen) atoms. The van der Waals surface area contributed by atoms with Gasteiger partial charge in [-0.05, 0) is 18.6 Å². The number of aromatic nitrogens is 1. The van der Waals surface area contributed by atoms with Crippen LogP contribution in [0.15, 0.2) is 24.3 Å². The molecule has 2 N–H and O–H groups in total. The van der Waals surface area contributed by atoms with Crippen LogP contribution in [0.3, 0.4) is 0 Å². The quantitative estimate of drug-likeness (QED) is 0.767. The molecule has 0 fully saturated rings. The van der Waals surface area contributed by atoms with E-state index in [2.05, 4.69) is 20.5 Å². The number of hydrogen-bond donors (Lipinski definition) is 2. The van der Waals surface area contributed by atoms with Gasteiger partial charge in [0.15, 0.2) is 5.13 Å². The number of fused-ring (bicyclic) bond motifs is 1. The zero-order valence-electron chi connectivity index (χ0n) is 15.0. The summed E-state index contributed by atoms with van der Waals surface area (Å²) in [7, 11) is 0. The smallest absolute Gasteiger partial charge is 0.413 e. The van der Waals surface area contributed by atoms with Crippen molar-refractivity contribution in [2.75, 3.05) is 25.0 Å². The fourth-order valence-corrected chi connectivity index (χ4v) is 4.02. The molecule has 7 nitrogen and oxygen atoms in total. The van der Waals surface area contributed by atoms with Crippen LogP contribution in [-0.4, -0.2) is 41.6 Å². The van der Waals surface area contributed by atoms with Gasteiger partial charge in [-0.2, -0.15) is 0 Å². The van der Waals surface area contributed by atoms with Crippen LogP contribution in [0.25, 0.3) is 0 Å². The van der Waals surface area contributed by atoms with Crippen molar-refractivity contribution in [3.8, 4) is 0 Å². The number of amides is 2. The average Bonchev–Trinajstić information content (AvgIpc) is 3.02. The predicted octanol–water partition coefficient (Wildman–Crippen LogP) is 3.04. The van der Waals surface area contributed by atoms with Crippen LogP contribution < -0.4 is 10.6 Å². The fraction of sp³-hybridized carbons (Fsp3) is 0.389. The predicted molar refractivity (Wildman–Crippen MR) is 105 cm³/mol. The Bertz CT molecular complexity index is 827. The van der Waals surface area contributed by atoms with Gasteiger partial charge in [-0.15, -0.1) is 0 Å². The molecule has 0 spiro atoms. The maximum atomic E-state index is 12.2. The number of carbonyl (C=O) groups is 2. The Morgan fingerprint density at radius 2 is 2.19 bits per heavy atom. The zero-order valence-corrected chi connectivity index (χ0v) is 16.5. The Hall–Kier alpha value is -2.16. The second-order valence-corrected chi connectivity index (χ2v) is 7.55. The molecule has 0 radical (unpaired) electrons. The summed E-state index contributed by atoms with van der Waals surface area (Å²) in [5.74, 6) is -0.0484. The molecule has 1 aromatic heterocycles. The van der Waals surface area contributed by atoms with Crippen molar-refractivity contribution < 1.29 is 14.3 Å². The lowest BCUT2D eigenvalue weighted by atomic mass is 10.2. The first-order valence-corrected chi connectivity index (χ1v) is 9.89. The molecule has 2 amide bonds. The molecule has 2 heterocycles. The summed E-state index contributed by atoms with van der Waals surface area (Å²) in [4.78, 5) is 31.3. The van der Waals surface area contributed by atoms with Crippen LogP contribution in [-0.2, 0) is 29.0 Å². The van der Waals surface area contributed by atoms with E-state index in [1.54, 1.807) is 13.0 Å². The van der Waals surface area contributed by atoms with Gasteiger partial charge in [0, 0.05) is 36.0 Å². The first-order chi connectivity index (χ1) is 13.0. The maximum absolute atomic E-state index is 12.2. The molecular weight excluding hydrogens is 388 g/mol. The number of nitrogens with zero attached hydrogens (tertiary/aromatic N) is 2. The minimum Gasteiger partial charge on any atom is -0.450 e. The summed E-state index contributed by atoms with van der Waals surface area (Å²) >= 11 is 7.53. The molecule has 3 rings (SSSR count). The van der Waals surface area contributed by atoms with Crippen LogP contribution in [0.1, 0.15) is 23.1 Å². The normalized spacial score (nSPS) is 13.7. The van der Waals surface area contributed by atoms with Crippen molar-refractivity contribution >= 4 is 40.1 Å². The van der Waals surface area contributed by atoms with Crippen LogP contribution in [0.4, 0.5) is 9.93 Å². The molecule has 0 atom stereocenters. The van der Waals surface area contributed by atoms with E-state index in [9.17, 15) is 9.59 Å². The number of hydrogen-bond acceptors (Lipinski definition) is 6. The van der Waals surface area contributed by atoms with E-state index in [0.29, 0.717) is 36.4 Å². The van der Waals surface area contributed by atoms with Gasteiger partial charge in [-0.25, -0.2) is 9.78 Å². The summed E-state index contributed by atoms with van der Waals surface area (Å²) < 4.78 is 4.87. The summed E-state index contributed by atoms with van der Waals surface area (Å²) in [6.45, 7) is 4.16. The molecule has 144 valence electrons. The molecule has 0 saturated carbocycles. The van der Waals surface area contributed by atoms with Crippen molar-refractivity contribution in [2.45, 2.75) is 26.4 Å². The Labute approximate surface area is 166 Å². The molecule has 1 aromatic carbocycles. The molecule has 0 saturated heterocycles. The van der Waals surface area contributed by atoms with E-state index < -0.39 is 6.09 Å². The fourth-order valence-electron chi connectivity index (χ4n) is 2.79. The summed E-state index contributed by atoms with van der Waals surface area (Å²) in [6, 6.07) is 7.45. The van der Waals surface area contributed by atoms with Gasteiger partial charge in [0.05, 0.1) is 18.8 Å². The third-order valence-corrected chi connectivity index (χ3v) is 5.46. The van der Waals surface area contributed by atoms with E-state index in [4.69, 9.17) is 16.3 Å². The van der Waals surface area contributed by atoms with Gasteiger partial charge in [0.2, 0.25) is 5.91 Å². The Kier molecular flexibility index (Phi) is 6.65. The first kappa shape index (κ1) is 19.6. The van der Waals surface area contributed by atoms with Crippen molar-refractivity contribution in [1.82, 2.24) is 15.2 Å². The number of ether oxygens (including phenoxy) is 1. The van der Waals surface area contributed by atoms with Crippen molar-refractivity contribution in [3.05, 3.63) is 45.4 Å². The Morgan fingerprint density at radius 1 is 1.37 bits per heavy atom. The lowest BCUT2D eigenvalue weighted by molar-refractivity contribution is -0.122. The van der Waals surface area contributed by atoms with Crippen molar-refractivity contribution in [3.63, 3.8) is 0 Å². The van der Waals surface area contributed by atoms with Crippen LogP contribution in [0, 0.1) is 0 Å². The maximum Gasteiger partial charge on any atom is 0.413 e. The lowest BCUT2D eigenvalue weighted by Crippen LogP contribution is -2.39. The van der Waals surface area contributed by atoms with E-state index in [1.165, 1.54) is 11.3 Å². The SMILES string of the molecule is CCOC(=O)Nc1nc2c(s1)CN(CC(=O)NCc1ccccc1Cl)CC2. The summed E-state index contributed by atoms with van der Waals surface area (Å²) in [5.41, 5.74) is 1.87. The van der Waals surface area contributed by atoms with Crippen molar-refractivity contribution in [2.24, 2.45) is 0 Å². The highest BCUT2D eigenvalue weighted by atomic mass is 35.5. The van der Waals surface area contributed by atoms with Crippen LogP contribution in [0.2, 0.25) is 5.02 Å². The molecule has 9 heteroatoms. The van der Waals surface area contributed by atoms with Gasteiger partial charge in [-0.1, -0.05) is 41.1 Å². The molecule has 1 aliphatic rings. The van der Waals surface area contributed by atoms with Gasteiger partial charge in [0.1, 0.15) is 0 Å². The number of anilines is 1. The number of thiazole rings is 1. The van der Waals surface area contributed by atoms with Crippen LogP contribution in [0.5, 0.6) is 0 Å². The minimum absolute atomic E-state index is 0.0484. The minimum atomic E-state index is -0.501. The highest BCUT2D eigenvalue weighted by Crippen LogP contribution is 2.28. The number of carbonyl (C=O) groups excluding carboxylic acids is 2. The average molecular weight is 409 g/mol. The molecule has 0 bridgehead atoms. The summed E-state index contributed by atoms with van der Waals surface area (Å²) in [5, 5.41) is 6.72. The third-order valence-electron chi connectivity index (χ3n) is 4.10. The first-order valence-electron chi connectivity index (χ1n) is 8.70. The zero-order chi connectivity index (χ0) is 19.2. The molecule has 2 aromatic rings. The largest absolute Gasteiger partial charge is 0.450 e. The molecule has 1 aliphatic heterocycles. The highest BCUT2D eigenvalue weighted by molar-refractivity contribution is 7.15. The number of rotatable bonds is 6. The standard InChI is InChI=1S/C18H21ClN4O3S/c1-2-26-18(25)22-17-21-14-7-8-23(10-15(14)27-17)11-16(24)20-9-12-5-3-4-6-13(12)19/h3-6H,2,7-11H2,1H3,(H,20,24)(H,21,22,25). The number of benzene rings is 1. The van der Waals surface area contributed by atoms with Gasteiger partial charge < -0.3 is 10.1 Å². The second-order valence-electron chi connectivity index (χ2n) is 6.06. The van der Waals surface area contributed by atoms with Gasteiger partial charge in [-0.3, -0.25) is 15.0 Å². The monoisotopic (exact) mass is 408 g/mol. The van der Waals surface area contributed by atoms with Crippen molar-refractivity contribution in [1.29, 1.82) is 0 Å². The highest BCUT2D eigenvalue weighted by Gasteiger charge is 2.23. The Morgan fingerprint density at radius 3 is 2.96 bits per heavy atom. The van der Waals surface area contributed by atoms with E-state index in [-0.39, 0.29) is 5.91 Å². The third kappa shape index (κ3) is 5.41. The molecular formula is C18H21ClN4O3S. The number of nitrogens with one attached hydrogen (secondary N) is 2. The molecule has 0 aliphatic carbocycles. The number of halogens is 1. The van der Waals surface area contributed by atoms with Gasteiger partial charge in [0.25, 0.3) is 0 Å². The lowest BCUT2D eigenvalue weighted by Gasteiger charge is -2.25. The van der Waals surface area contributed by atoms with Crippen LogP contribution >= 0.6 is 22.9 Å². The topological polar surface area (TPSA) is 83.6 Å². The molecule has 0 unspecified atom stereocenters. The second kappa shape index (κ2) is 9.16. The van der Waals surface area contributed by atoms with Gasteiger partial charge >= 0.3 is 6.09 Å². The van der Waals surface area contributed by atoms with E-state index in [0.717, 1.165) is 29.1 Å². The Balaban J connectivity index is 1.50.